The summed E-state index contributed by atoms with van der Waals surface area (Å²) in [5, 5.41) is 9.77. The number of hydrogen-bond acceptors (Lipinski definition) is 3. The maximum Gasteiger partial charge on any atom is 0.313 e. The van der Waals surface area contributed by atoms with Crippen LogP contribution >= 0.6 is 15.9 Å². The monoisotopic (exact) mass is 280 g/mol. The molecule has 1 aromatic heterocycles. The fraction of sp³-hybridized carbons (Fsp3) is 0.182. The average Bonchev–Trinajstić information content (AvgIpc) is 2.26. The van der Waals surface area contributed by atoms with Gasteiger partial charge in [0.1, 0.15) is 11.7 Å². The van der Waals surface area contributed by atoms with E-state index in [0.717, 1.165) is 15.4 Å². The lowest BCUT2D eigenvalue weighted by Gasteiger charge is -2.05. The lowest BCUT2D eigenvalue weighted by molar-refractivity contribution is -0.138. The molecule has 0 saturated heterocycles. The summed E-state index contributed by atoms with van der Waals surface area (Å²) in [6, 6.07) is 5.62. The van der Waals surface area contributed by atoms with Crippen molar-refractivity contribution in [1.82, 2.24) is 9.97 Å². The summed E-state index contributed by atoms with van der Waals surface area (Å²) < 4.78 is 0.910. The van der Waals surface area contributed by atoms with E-state index in [1.807, 2.05) is 18.2 Å². The predicted molar refractivity (Wildman–Crippen MR) is 63.3 cm³/mol. The zero-order chi connectivity index (χ0) is 11.7. The lowest BCUT2D eigenvalue weighted by atomic mass is 10.1. The number of carboxylic acid groups (broad SMARTS) is 1. The zero-order valence-electron chi connectivity index (χ0n) is 8.51. The van der Waals surface area contributed by atoms with Crippen molar-refractivity contribution in [2.24, 2.45) is 0 Å². The van der Waals surface area contributed by atoms with Crippen LogP contribution in [0.15, 0.2) is 28.9 Å². The Morgan fingerprint density at radius 2 is 2.25 bits per heavy atom. The van der Waals surface area contributed by atoms with Gasteiger partial charge in [0.25, 0.3) is 0 Å². The molecule has 0 aliphatic heterocycles. The molecular formula is C11H9BrN2O2. The first-order valence-corrected chi connectivity index (χ1v) is 5.52. The molecule has 1 heterocycles. The van der Waals surface area contributed by atoms with Crippen LogP contribution in [0.2, 0.25) is 0 Å². The second-order valence-corrected chi connectivity index (χ2v) is 4.41. The molecule has 0 spiro atoms. The van der Waals surface area contributed by atoms with E-state index < -0.39 is 11.9 Å². The maximum atomic E-state index is 10.8. The molecule has 0 aliphatic carbocycles. The van der Waals surface area contributed by atoms with Gasteiger partial charge < -0.3 is 5.11 Å². The van der Waals surface area contributed by atoms with Gasteiger partial charge >= 0.3 is 5.97 Å². The molecule has 16 heavy (non-hydrogen) atoms. The highest BCUT2D eigenvalue weighted by atomic mass is 79.9. The topological polar surface area (TPSA) is 63.1 Å². The molecule has 4 nitrogen and oxygen atoms in total. The van der Waals surface area contributed by atoms with Gasteiger partial charge in [0.05, 0.1) is 5.52 Å². The van der Waals surface area contributed by atoms with Crippen LogP contribution in [0.4, 0.5) is 0 Å². The number of halogens is 1. The van der Waals surface area contributed by atoms with Gasteiger partial charge in [-0.2, -0.15) is 0 Å². The van der Waals surface area contributed by atoms with Gasteiger partial charge in [0.15, 0.2) is 0 Å². The Balaban J connectivity index is 2.54. The second kappa shape index (κ2) is 4.17. The number of aromatic nitrogens is 2. The third-order valence-corrected chi connectivity index (χ3v) is 2.81. The molecule has 0 radical (unpaired) electrons. The molecule has 0 bridgehead atoms. The smallest absolute Gasteiger partial charge is 0.313 e. The molecule has 1 N–H and O–H groups in total. The summed E-state index contributed by atoms with van der Waals surface area (Å²) in [5.74, 6) is -1.28. The van der Waals surface area contributed by atoms with Crippen LogP contribution in [0.1, 0.15) is 18.7 Å². The Morgan fingerprint density at radius 1 is 1.50 bits per heavy atom. The first kappa shape index (κ1) is 11.0. The van der Waals surface area contributed by atoms with Gasteiger partial charge in [0, 0.05) is 16.1 Å². The second-order valence-electron chi connectivity index (χ2n) is 3.49. The fourth-order valence-electron chi connectivity index (χ4n) is 1.33. The van der Waals surface area contributed by atoms with E-state index in [4.69, 9.17) is 5.11 Å². The van der Waals surface area contributed by atoms with Gasteiger partial charge in [-0.3, -0.25) is 4.79 Å². The van der Waals surface area contributed by atoms with Crippen molar-refractivity contribution in [3.63, 3.8) is 0 Å². The van der Waals surface area contributed by atoms with Crippen LogP contribution in [-0.2, 0) is 4.79 Å². The number of aliphatic carboxylic acids is 1. The van der Waals surface area contributed by atoms with Gasteiger partial charge in [-0.1, -0.05) is 22.0 Å². The van der Waals surface area contributed by atoms with E-state index >= 15 is 0 Å². The largest absolute Gasteiger partial charge is 0.481 e. The number of rotatable bonds is 2. The highest BCUT2D eigenvalue weighted by Crippen LogP contribution is 2.19. The van der Waals surface area contributed by atoms with E-state index in [9.17, 15) is 4.79 Å². The van der Waals surface area contributed by atoms with E-state index in [0.29, 0.717) is 5.82 Å². The normalized spacial score (nSPS) is 12.6. The van der Waals surface area contributed by atoms with Crippen LogP contribution in [0.3, 0.4) is 0 Å². The Bertz CT molecular complexity index is 557. The Labute approximate surface area is 100 Å². The molecule has 1 unspecified atom stereocenters. The van der Waals surface area contributed by atoms with Crippen LogP contribution in [0.25, 0.3) is 10.9 Å². The van der Waals surface area contributed by atoms with E-state index in [-0.39, 0.29) is 0 Å². The molecule has 0 saturated carbocycles. The Hall–Kier alpha value is -1.49. The van der Waals surface area contributed by atoms with Crippen molar-refractivity contribution >= 4 is 32.8 Å². The molecular weight excluding hydrogens is 272 g/mol. The van der Waals surface area contributed by atoms with E-state index in [1.165, 1.54) is 0 Å². The highest BCUT2D eigenvalue weighted by Gasteiger charge is 2.16. The summed E-state index contributed by atoms with van der Waals surface area (Å²) in [6.07, 6.45) is 1.64. The van der Waals surface area contributed by atoms with Crippen molar-refractivity contribution < 1.29 is 9.90 Å². The van der Waals surface area contributed by atoms with Gasteiger partial charge in [-0.25, -0.2) is 9.97 Å². The molecule has 2 aromatic rings. The zero-order valence-corrected chi connectivity index (χ0v) is 10.1. The summed E-state index contributed by atoms with van der Waals surface area (Å²) >= 11 is 3.35. The average molecular weight is 281 g/mol. The summed E-state index contributed by atoms with van der Waals surface area (Å²) in [5.41, 5.74) is 0.743. The van der Waals surface area contributed by atoms with Crippen LogP contribution < -0.4 is 0 Å². The molecule has 0 aliphatic rings. The van der Waals surface area contributed by atoms with Gasteiger partial charge in [-0.15, -0.1) is 0 Å². The standard InChI is InChI=1S/C11H9BrN2O2/c1-6(11(15)16)10-13-5-7-2-3-8(12)4-9(7)14-10/h2-6H,1H3,(H,15,16). The SMILES string of the molecule is CC(C(=O)O)c1ncc2ccc(Br)cc2n1. The minimum Gasteiger partial charge on any atom is -0.481 e. The summed E-state index contributed by atoms with van der Waals surface area (Å²) in [7, 11) is 0. The molecule has 82 valence electrons. The molecule has 1 aromatic carbocycles. The number of hydrogen-bond donors (Lipinski definition) is 1. The van der Waals surface area contributed by atoms with Crippen LogP contribution in [0.5, 0.6) is 0 Å². The first-order valence-electron chi connectivity index (χ1n) is 4.73. The Kier molecular flexibility index (Phi) is 2.87. The van der Waals surface area contributed by atoms with Gasteiger partial charge in [0.2, 0.25) is 0 Å². The van der Waals surface area contributed by atoms with Crippen molar-refractivity contribution in [2.45, 2.75) is 12.8 Å². The van der Waals surface area contributed by atoms with E-state index in [2.05, 4.69) is 25.9 Å². The molecule has 1 atom stereocenters. The van der Waals surface area contributed by atoms with E-state index in [1.54, 1.807) is 13.1 Å². The van der Waals surface area contributed by atoms with Crippen molar-refractivity contribution in [1.29, 1.82) is 0 Å². The summed E-state index contributed by atoms with van der Waals surface area (Å²) in [6.45, 7) is 1.57. The highest BCUT2D eigenvalue weighted by molar-refractivity contribution is 9.10. The summed E-state index contributed by atoms with van der Waals surface area (Å²) in [4.78, 5) is 19.1. The van der Waals surface area contributed by atoms with Gasteiger partial charge in [-0.05, 0) is 19.1 Å². The number of carboxylic acids is 1. The van der Waals surface area contributed by atoms with Crippen molar-refractivity contribution in [2.75, 3.05) is 0 Å². The molecule has 0 fully saturated rings. The third kappa shape index (κ3) is 2.04. The maximum absolute atomic E-state index is 10.8. The molecule has 0 amide bonds. The molecule has 2 rings (SSSR count). The minimum absolute atomic E-state index is 0.332. The number of nitrogens with zero attached hydrogens (tertiary/aromatic N) is 2. The lowest BCUT2D eigenvalue weighted by Crippen LogP contribution is -2.11. The number of fused-ring (bicyclic) bond motifs is 1. The van der Waals surface area contributed by atoms with Crippen molar-refractivity contribution in [3.8, 4) is 0 Å². The first-order chi connectivity index (χ1) is 7.58. The van der Waals surface area contributed by atoms with Crippen LogP contribution in [-0.4, -0.2) is 21.0 Å². The third-order valence-electron chi connectivity index (χ3n) is 2.32. The Morgan fingerprint density at radius 3 is 2.94 bits per heavy atom. The van der Waals surface area contributed by atoms with Crippen LogP contribution in [0, 0.1) is 0 Å². The quantitative estimate of drug-likeness (QED) is 0.919. The fourth-order valence-corrected chi connectivity index (χ4v) is 1.68. The predicted octanol–water partition coefficient (Wildman–Crippen LogP) is 2.58. The number of benzene rings is 1. The molecule has 5 heteroatoms. The minimum atomic E-state index is -0.922. The number of carbonyl (C=O) groups is 1. The van der Waals surface area contributed by atoms with Crippen molar-refractivity contribution in [3.05, 3.63) is 34.7 Å².